The highest BCUT2D eigenvalue weighted by Gasteiger charge is 2.41. The van der Waals surface area contributed by atoms with Gasteiger partial charge in [-0.2, -0.15) is 0 Å². The maximum atomic E-state index is 12.7. The van der Waals surface area contributed by atoms with Crippen LogP contribution in [0.4, 0.5) is 16.4 Å². The molecule has 0 aromatic carbocycles. The van der Waals surface area contributed by atoms with E-state index >= 15 is 0 Å². The normalized spacial score (nSPS) is 32.4. The third-order valence-corrected chi connectivity index (χ3v) is 7.17. The van der Waals surface area contributed by atoms with Gasteiger partial charge in [-0.15, -0.1) is 11.6 Å². The maximum absolute atomic E-state index is 12.7. The number of halogens is 1. The van der Waals surface area contributed by atoms with Crippen molar-refractivity contribution in [1.29, 1.82) is 0 Å². The summed E-state index contributed by atoms with van der Waals surface area (Å²) in [6.45, 7) is 6.52. The van der Waals surface area contributed by atoms with E-state index in [0.717, 1.165) is 25.7 Å². The van der Waals surface area contributed by atoms with Crippen LogP contribution in [0.15, 0.2) is 18.2 Å². The third-order valence-electron chi connectivity index (χ3n) is 6.78. The minimum absolute atomic E-state index is 0.0338. The summed E-state index contributed by atoms with van der Waals surface area (Å²) in [5.41, 5.74) is 0. The quantitative estimate of drug-likeness (QED) is 0.689. The second-order valence-corrected chi connectivity index (χ2v) is 9.82. The molecule has 1 aromatic heterocycles. The first kappa shape index (κ1) is 21.2. The van der Waals surface area contributed by atoms with Crippen molar-refractivity contribution in [2.24, 2.45) is 17.8 Å². The number of piperidine rings is 1. The molecule has 1 saturated carbocycles. The molecule has 30 heavy (non-hydrogen) atoms. The van der Waals surface area contributed by atoms with Gasteiger partial charge in [0, 0.05) is 17.5 Å². The molecule has 2 N–H and O–H groups in total. The SMILES string of the molecule is CC(C)[C@H]1COC(=O)N1c1cccc(N[C@@H](C)C2CC3CC(Cl)CCC3NC2=O)n1. The zero-order valence-electron chi connectivity index (χ0n) is 17.8. The minimum atomic E-state index is -0.364. The van der Waals surface area contributed by atoms with Crippen molar-refractivity contribution in [3.63, 3.8) is 0 Å². The second kappa shape index (κ2) is 8.61. The van der Waals surface area contributed by atoms with E-state index in [1.165, 1.54) is 0 Å². The van der Waals surface area contributed by atoms with Crippen LogP contribution in [-0.2, 0) is 9.53 Å². The molecule has 7 nitrogen and oxygen atoms in total. The number of nitrogens with one attached hydrogen (secondary N) is 2. The Balaban J connectivity index is 1.46. The molecule has 8 heteroatoms. The van der Waals surface area contributed by atoms with Gasteiger partial charge in [-0.05, 0) is 56.6 Å². The third kappa shape index (κ3) is 4.22. The number of hydrogen-bond donors (Lipinski definition) is 2. The molecular formula is C22H31ClN4O3. The van der Waals surface area contributed by atoms with Crippen molar-refractivity contribution in [1.82, 2.24) is 10.3 Å². The number of carbonyl (C=O) groups is 2. The highest BCUT2D eigenvalue weighted by atomic mass is 35.5. The largest absolute Gasteiger partial charge is 0.447 e. The topological polar surface area (TPSA) is 83.6 Å². The van der Waals surface area contributed by atoms with Gasteiger partial charge in [0.2, 0.25) is 5.91 Å². The van der Waals surface area contributed by atoms with Crippen LogP contribution in [0.25, 0.3) is 0 Å². The molecule has 0 radical (unpaired) electrons. The van der Waals surface area contributed by atoms with E-state index in [9.17, 15) is 9.59 Å². The van der Waals surface area contributed by atoms with Gasteiger partial charge >= 0.3 is 6.09 Å². The molecule has 4 rings (SSSR count). The summed E-state index contributed by atoms with van der Waals surface area (Å²) >= 11 is 6.37. The first-order chi connectivity index (χ1) is 14.3. The average molecular weight is 435 g/mol. The van der Waals surface area contributed by atoms with Gasteiger partial charge in [0.1, 0.15) is 18.2 Å². The summed E-state index contributed by atoms with van der Waals surface area (Å²) in [6.07, 6.45) is 3.36. The van der Waals surface area contributed by atoms with Crippen LogP contribution in [0.1, 0.15) is 46.5 Å². The lowest BCUT2D eigenvalue weighted by molar-refractivity contribution is -0.130. The number of amides is 2. The number of rotatable bonds is 5. The highest BCUT2D eigenvalue weighted by Crippen LogP contribution is 2.37. The highest BCUT2D eigenvalue weighted by molar-refractivity contribution is 6.20. The van der Waals surface area contributed by atoms with Crippen molar-refractivity contribution in [3.8, 4) is 0 Å². The molecule has 3 aliphatic rings. The number of alkyl halides is 1. The van der Waals surface area contributed by atoms with E-state index in [4.69, 9.17) is 16.3 Å². The zero-order chi connectivity index (χ0) is 21.4. The van der Waals surface area contributed by atoms with Gasteiger partial charge < -0.3 is 15.4 Å². The van der Waals surface area contributed by atoms with Gasteiger partial charge in [-0.25, -0.2) is 9.78 Å². The number of carbonyl (C=O) groups excluding carboxylic acids is 2. The maximum Gasteiger partial charge on any atom is 0.415 e. The van der Waals surface area contributed by atoms with Crippen LogP contribution in [-0.4, -0.2) is 47.1 Å². The van der Waals surface area contributed by atoms with Crippen LogP contribution in [0.5, 0.6) is 0 Å². The van der Waals surface area contributed by atoms with Crippen molar-refractivity contribution in [3.05, 3.63) is 18.2 Å². The molecular weight excluding hydrogens is 404 g/mol. The summed E-state index contributed by atoms with van der Waals surface area (Å²) in [6, 6.07) is 5.69. The van der Waals surface area contributed by atoms with E-state index in [-0.39, 0.29) is 47.3 Å². The van der Waals surface area contributed by atoms with E-state index in [2.05, 4.69) is 29.5 Å². The Labute approximate surface area is 182 Å². The minimum Gasteiger partial charge on any atom is -0.447 e. The number of hydrogen-bond acceptors (Lipinski definition) is 5. The molecule has 3 fully saturated rings. The number of pyridine rings is 1. The van der Waals surface area contributed by atoms with Crippen LogP contribution in [0.3, 0.4) is 0 Å². The Morgan fingerprint density at radius 3 is 2.80 bits per heavy atom. The van der Waals surface area contributed by atoms with Crippen molar-refractivity contribution in [2.45, 2.75) is 70.0 Å². The Hall–Kier alpha value is -2.02. The molecule has 2 aliphatic heterocycles. The molecule has 2 saturated heterocycles. The molecule has 0 spiro atoms. The van der Waals surface area contributed by atoms with Gasteiger partial charge in [-0.3, -0.25) is 9.69 Å². The number of fused-ring (bicyclic) bond motifs is 1. The number of aromatic nitrogens is 1. The Morgan fingerprint density at radius 1 is 1.23 bits per heavy atom. The summed E-state index contributed by atoms with van der Waals surface area (Å²) in [7, 11) is 0. The molecule has 1 aromatic rings. The molecule has 4 unspecified atom stereocenters. The predicted molar refractivity (Wildman–Crippen MR) is 117 cm³/mol. The fourth-order valence-corrected chi connectivity index (χ4v) is 5.33. The standard InChI is InChI=1S/C22H31ClN4O3/c1-12(2)18-11-30-22(29)27(18)20-6-4-5-19(26-20)24-13(3)16-10-14-9-15(23)7-8-17(14)25-21(16)28/h4-6,12-18H,7-11H2,1-3H3,(H,24,26)(H,25,28)/t13-,14?,15?,16?,17?,18+/m0/s1. The zero-order valence-corrected chi connectivity index (χ0v) is 18.6. The number of nitrogens with zero attached hydrogens (tertiary/aromatic N) is 2. The summed E-state index contributed by atoms with van der Waals surface area (Å²) in [4.78, 5) is 31.3. The first-order valence-corrected chi connectivity index (χ1v) is 11.4. The number of anilines is 2. The lowest BCUT2D eigenvalue weighted by atomic mass is 9.74. The summed E-state index contributed by atoms with van der Waals surface area (Å²) in [5.74, 6) is 1.87. The Kier molecular flexibility index (Phi) is 6.09. The Bertz CT molecular complexity index is 804. The first-order valence-electron chi connectivity index (χ1n) is 11.0. The van der Waals surface area contributed by atoms with Crippen molar-refractivity contribution in [2.75, 3.05) is 16.8 Å². The van der Waals surface area contributed by atoms with E-state index in [1.54, 1.807) is 4.90 Å². The lowest BCUT2D eigenvalue weighted by Crippen LogP contribution is -2.55. The van der Waals surface area contributed by atoms with Crippen molar-refractivity contribution < 1.29 is 14.3 Å². The van der Waals surface area contributed by atoms with E-state index in [0.29, 0.717) is 24.2 Å². The average Bonchev–Trinajstić information content (AvgIpc) is 3.09. The molecule has 1 aliphatic carbocycles. The smallest absolute Gasteiger partial charge is 0.415 e. The fraction of sp³-hybridized carbons (Fsp3) is 0.682. The van der Waals surface area contributed by atoms with Gasteiger partial charge in [0.05, 0.1) is 12.0 Å². The summed E-state index contributed by atoms with van der Waals surface area (Å²) < 4.78 is 5.25. The van der Waals surface area contributed by atoms with Crippen LogP contribution >= 0.6 is 11.6 Å². The fourth-order valence-electron chi connectivity index (χ4n) is 4.97. The van der Waals surface area contributed by atoms with E-state index in [1.807, 2.05) is 25.1 Å². The van der Waals surface area contributed by atoms with Gasteiger partial charge in [-0.1, -0.05) is 19.9 Å². The Morgan fingerprint density at radius 2 is 2.03 bits per heavy atom. The monoisotopic (exact) mass is 434 g/mol. The molecule has 164 valence electrons. The molecule has 3 heterocycles. The molecule has 6 atom stereocenters. The van der Waals surface area contributed by atoms with Crippen molar-refractivity contribution >= 4 is 35.2 Å². The second-order valence-electron chi connectivity index (χ2n) is 9.20. The number of ether oxygens (including phenoxy) is 1. The van der Waals surface area contributed by atoms with E-state index < -0.39 is 0 Å². The molecule has 0 bridgehead atoms. The summed E-state index contributed by atoms with van der Waals surface area (Å²) in [5, 5.41) is 6.80. The van der Waals surface area contributed by atoms with Crippen LogP contribution < -0.4 is 15.5 Å². The lowest BCUT2D eigenvalue weighted by Gasteiger charge is -2.42. The van der Waals surface area contributed by atoms with Gasteiger partial charge in [0.15, 0.2) is 0 Å². The van der Waals surface area contributed by atoms with Crippen LogP contribution in [0.2, 0.25) is 0 Å². The molecule has 2 amide bonds. The van der Waals surface area contributed by atoms with Crippen LogP contribution in [0, 0.1) is 17.8 Å². The van der Waals surface area contributed by atoms with Gasteiger partial charge in [0.25, 0.3) is 0 Å². The predicted octanol–water partition coefficient (Wildman–Crippen LogP) is 3.78. The number of cyclic esters (lactones) is 1.